The van der Waals surface area contributed by atoms with E-state index in [-0.39, 0.29) is 12.2 Å². The average molecular weight is 276 g/mol. The second-order valence-electron chi connectivity index (χ2n) is 4.87. The van der Waals surface area contributed by atoms with Gasteiger partial charge in [0.2, 0.25) is 0 Å². The van der Waals surface area contributed by atoms with Crippen LogP contribution in [0.3, 0.4) is 0 Å². The van der Waals surface area contributed by atoms with Crippen LogP contribution in [0.5, 0.6) is 0 Å². The molecule has 19 heavy (non-hydrogen) atoms. The van der Waals surface area contributed by atoms with Crippen molar-refractivity contribution >= 4 is 6.09 Å². The molecule has 1 rings (SSSR count). The number of carbonyl (C=O) groups excluding carboxylic acids is 1. The van der Waals surface area contributed by atoms with Crippen molar-refractivity contribution in [2.75, 3.05) is 0 Å². The number of nitrogens with one attached hydrogen (secondary N) is 1. The van der Waals surface area contributed by atoms with Gasteiger partial charge < -0.3 is 10.1 Å². The molecule has 0 aliphatic rings. The van der Waals surface area contributed by atoms with Gasteiger partial charge >= 0.3 is 12.3 Å². The first kappa shape index (κ1) is 15.3. The summed E-state index contributed by atoms with van der Waals surface area (Å²) in [6.45, 7) is 4.94. The van der Waals surface area contributed by atoms with Gasteiger partial charge in [0.1, 0.15) is 11.3 Å². The smallest absolute Gasteiger partial charge is 0.433 e. The molecule has 0 fully saturated rings. The normalized spacial score (nSPS) is 12.1. The standard InChI is InChI=1S/C12H15F3N2O2/c1-11(2,3)19-10(18)16-7-8-5-4-6-9(17-8)12(13,14)15/h4-6H,7H2,1-3H3,(H,16,18). The van der Waals surface area contributed by atoms with E-state index in [2.05, 4.69) is 10.3 Å². The van der Waals surface area contributed by atoms with Crippen LogP contribution in [0.2, 0.25) is 0 Å². The van der Waals surface area contributed by atoms with Crippen molar-refractivity contribution in [2.24, 2.45) is 0 Å². The fourth-order valence-electron chi connectivity index (χ4n) is 1.21. The monoisotopic (exact) mass is 276 g/mol. The third-order valence-electron chi connectivity index (χ3n) is 1.91. The fourth-order valence-corrected chi connectivity index (χ4v) is 1.21. The number of halogens is 3. The molecule has 1 aromatic heterocycles. The van der Waals surface area contributed by atoms with Crippen molar-refractivity contribution < 1.29 is 22.7 Å². The van der Waals surface area contributed by atoms with E-state index in [0.29, 0.717) is 0 Å². The zero-order valence-corrected chi connectivity index (χ0v) is 10.8. The average Bonchev–Trinajstić information content (AvgIpc) is 2.23. The molecule has 1 heterocycles. The lowest BCUT2D eigenvalue weighted by molar-refractivity contribution is -0.141. The summed E-state index contributed by atoms with van der Waals surface area (Å²) in [5.74, 6) is 0. The molecule has 106 valence electrons. The number of hydrogen-bond donors (Lipinski definition) is 1. The Morgan fingerprint density at radius 1 is 1.32 bits per heavy atom. The van der Waals surface area contributed by atoms with Gasteiger partial charge in [0.05, 0.1) is 12.2 Å². The highest BCUT2D eigenvalue weighted by Gasteiger charge is 2.32. The van der Waals surface area contributed by atoms with Crippen LogP contribution in [-0.4, -0.2) is 16.7 Å². The lowest BCUT2D eigenvalue weighted by atomic mass is 10.2. The molecule has 0 saturated heterocycles. The molecular weight excluding hydrogens is 261 g/mol. The first-order valence-electron chi connectivity index (χ1n) is 5.58. The van der Waals surface area contributed by atoms with Crippen LogP contribution in [0.1, 0.15) is 32.2 Å². The number of alkyl halides is 3. The van der Waals surface area contributed by atoms with E-state index >= 15 is 0 Å². The predicted octanol–water partition coefficient (Wildman–Crippen LogP) is 3.13. The Morgan fingerprint density at radius 3 is 2.47 bits per heavy atom. The molecule has 4 nitrogen and oxygen atoms in total. The van der Waals surface area contributed by atoms with E-state index in [4.69, 9.17) is 4.74 Å². The molecule has 0 radical (unpaired) electrons. The Balaban J connectivity index is 2.62. The summed E-state index contributed by atoms with van der Waals surface area (Å²) in [5, 5.41) is 2.34. The summed E-state index contributed by atoms with van der Waals surface area (Å²) < 4.78 is 42.2. The van der Waals surface area contributed by atoms with Crippen LogP contribution in [0, 0.1) is 0 Å². The topological polar surface area (TPSA) is 51.2 Å². The molecule has 0 aliphatic heterocycles. The van der Waals surface area contributed by atoms with Crippen LogP contribution in [0.4, 0.5) is 18.0 Å². The Labute approximate surface area is 109 Å². The number of rotatable bonds is 2. The summed E-state index contributed by atoms with van der Waals surface area (Å²) in [5.41, 5.74) is -1.54. The van der Waals surface area contributed by atoms with Crippen molar-refractivity contribution in [1.29, 1.82) is 0 Å². The Kier molecular flexibility index (Phi) is 4.39. The second kappa shape index (κ2) is 5.46. The number of aromatic nitrogens is 1. The molecule has 1 aromatic rings. The number of nitrogens with zero attached hydrogens (tertiary/aromatic N) is 1. The number of carbonyl (C=O) groups is 1. The Morgan fingerprint density at radius 2 is 1.95 bits per heavy atom. The fraction of sp³-hybridized carbons (Fsp3) is 0.500. The number of amides is 1. The zero-order chi connectivity index (χ0) is 14.7. The van der Waals surface area contributed by atoms with Crippen LogP contribution < -0.4 is 5.32 Å². The quantitative estimate of drug-likeness (QED) is 0.902. The maximum absolute atomic E-state index is 12.4. The highest BCUT2D eigenvalue weighted by Crippen LogP contribution is 2.27. The van der Waals surface area contributed by atoms with Gasteiger partial charge in [-0.3, -0.25) is 0 Å². The van der Waals surface area contributed by atoms with E-state index in [9.17, 15) is 18.0 Å². The number of pyridine rings is 1. The van der Waals surface area contributed by atoms with Gasteiger partial charge in [-0.2, -0.15) is 13.2 Å². The maximum Gasteiger partial charge on any atom is 0.433 e. The molecular formula is C12H15F3N2O2. The minimum absolute atomic E-state index is 0.112. The van der Waals surface area contributed by atoms with Gasteiger partial charge in [0, 0.05) is 0 Å². The van der Waals surface area contributed by atoms with Crippen LogP contribution in [0.15, 0.2) is 18.2 Å². The van der Waals surface area contributed by atoms with Crippen LogP contribution >= 0.6 is 0 Å². The highest BCUT2D eigenvalue weighted by molar-refractivity contribution is 5.67. The van der Waals surface area contributed by atoms with Crippen molar-refractivity contribution in [2.45, 2.75) is 39.1 Å². The lowest BCUT2D eigenvalue weighted by Gasteiger charge is -2.19. The summed E-state index contributed by atoms with van der Waals surface area (Å²) >= 11 is 0. The zero-order valence-electron chi connectivity index (χ0n) is 10.8. The largest absolute Gasteiger partial charge is 0.444 e. The van der Waals surface area contributed by atoms with Gasteiger partial charge in [-0.05, 0) is 32.9 Å². The first-order valence-corrected chi connectivity index (χ1v) is 5.58. The van der Waals surface area contributed by atoms with Crippen molar-refractivity contribution in [3.63, 3.8) is 0 Å². The molecule has 0 saturated carbocycles. The minimum Gasteiger partial charge on any atom is -0.444 e. The number of alkyl carbamates (subject to hydrolysis) is 1. The number of hydrogen-bond acceptors (Lipinski definition) is 3. The molecule has 7 heteroatoms. The van der Waals surface area contributed by atoms with Crippen molar-refractivity contribution in [1.82, 2.24) is 10.3 Å². The van der Waals surface area contributed by atoms with Gasteiger partial charge in [-0.25, -0.2) is 9.78 Å². The summed E-state index contributed by atoms with van der Waals surface area (Å²) in [4.78, 5) is 14.7. The first-order chi connectivity index (χ1) is 8.58. The van der Waals surface area contributed by atoms with Crippen LogP contribution in [0.25, 0.3) is 0 Å². The van der Waals surface area contributed by atoms with E-state index in [0.717, 1.165) is 6.07 Å². The van der Waals surface area contributed by atoms with Gasteiger partial charge in [0.25, 0.3) is 0 Å². The van der Waals surface area contributed by atoms with Gasteiger partial charge in [-0.15, -0.1) is 0 Å². The highest BCUT2D eigenvalue weighted by atomic mass is 19.4. The molecule has 1 N–H and O–H groups in total. The summed E-state index contributed by atoms with van der Waals surface area (Å²) in [6, 6.07) is 3.51. The van der Waals surface area contributed by atoms with E-state index in [1.165, 1.54) is 12.1 Å². The van der Waals surface area contributed by atoms with Gasteiger partial charge in [0.15, 0.2) is 0 Å². The molecule has 0 unspecified atom stereocenters. The molecule has 0 atom stereocenters. The minimum atomic E-state index is -4.50. The maximum atomic E-state index is 12.4. The molecule has 1 amide bonds. The van der Waals surface area contributed by atoms with E-state index in [1.807, 2.05) is 0 Å². The van der Waals surface area contributed by atoms with E-state index in [1.54, 1.807) is 20.8 Å². The molecule has 0 bridgehead atoms. The third kappa shape index (κ3) is 5.58. The Bertz CT molecular complexity index is 453. The van der Waals surface area contributed by atoms with E-state index < -0.39 is 23.6 Å². The SMILES string of the molecule is CC(C)(C)OC(=O)NCc1cccc(C(F)(F)F)n1. The third-order valence-corrected chi connectivity index (χ3v) is 1.91. The summed E-state index contributed by atoms with van der Waals surface area (Å²) in [7, 11) is 0. The molecule has 0 aliphatic carbocycles. The summed E-state index contributed by atoms with van der Waals surface area (Å²) in [6.07, 6.45) is -5.20. The molecule has 0 spiro atoms. The van der Waals surface area contributed by atoms with Gasteiger partial charge in [-0.1, -0.05) is 6.07 Å². The molecule has 0 aromatic carbocycles. The number of ether oxygens (including phenoxy) is 1. The van der Waals surface area contributed by atoms with Crippen molar-refractivity contribution in [3.05, 3.63) is 29.6 Å². The lowest BCUT2D eigenvalue weighted by Crippen LogP contribution is -2.32. The van der Waals surface area contributed by atoms with Crippen LogP contribution in [-0.2, 0) is 17.5 Å². The second-order valence-corrected chi connectivity index (χ2v) is 4.87. The Hall–Kier alpha value is -1.79. The predicted molar refractivity (Wildman–Crippen MR) is 62.3 cm³/mol. The van der Waals surface area contributed by atoms with Crippen molar-refractivity contribution in [3.8, 4) is 0 Å².